The first kappa shape index (κ1) is 10.3. The van der Waals surface area contributed by atoms with Crippen molar-refractivity contribution in [2.24, 2.45) is 5.16 Å². The van der Waals surface area contributed by atoms with Crippen molar-refractivity contribution in [3.8, 4) is 0 Å². The maximum Gasteiger partial charge on any atom is 0.106 e. The van der Waals surface area contributed by atoms with Crippen LogP contribution in [0.4, 0.5) is 0 Å². The summed E-state index contributed by atoms with van der Waals surface area (Å²) in [6, 6.07) is 0. The van der Waals surface area contributed by atoms with Gasteiger partial charge in [-0.25, -0.2) is 0 Å². The van der Waals surface area contributed by atoms with Gasteiger partial charge in [0.25, 0.3) is 0 Å². The highest BCUT2D eigenvalue weighted by Crippen LogP contribution is 2.13. The van der Waals surface area contributed by atoms with Crippen LogP contribution in [0.1, 0.15) is 19.8 Å². The van der Waals surface area contributed by atoms with Crippen LogP contribution in [0, 0.1) is 0 Å². The van der Waals surface area contributed by atoms with Crippen LogP contribution < -0.4 is 0 Å². The van der Waals surface area contributed by atoms with E-state index in [0.29, 0.717) is 0 Å². The average molecular weight is 182 g/mol. The van der Waals surface area contributed by atoms with Crippen molar-refractivity contribution in [1.82, 2.24) is 4.90 Å². The molecule has 0 aliphatic carbocycles. The Hall–Kier alpha value is -0.830. The molecule has 0 radical (unpaired) electrons. The van der Waals surface area contributed by atoms with E-state index in [4.69, 9.17) is 4.84 Å². The molecule has 3 nitrogen and oxygen atoms in total. The van der Waals surface area contributed by atoms with Gasteiger partial charge in [-0.3, -0.25) is 0 Å². The van der Waals surface area contributed by atoms with Gasteiger partial charge in [0.15, 0.2) is 0 Å². The van der Waals surface area contributed by atoms with Gasteiger partial charge in [0.2, 0.25) is 0 Å². The zero-order chi connectivity index (χ0) is 9.68. The second kappa shape index (κ2) is 5.02. The van der Waals surface area contributed by atoms with Gasteiger partial charge in [-0.2, -0.15) is 0 Å². The van der Waals surface area contributed by atoms with Gasteiger partial charge in [-0.1, -0.05) is 18.2 Å². The lowest BCUT2D eigenvalue weighted by Crippen LogP contribution is -2.26. The number of hydrogen-bond donors (Lipinski definition) is 0. The average Bonchev–Trinajstić information content (AvgIpc) is 2.16. The van der Waals surface area contributed by atoms with Gasteiger partial charge in [0.05, 0.1) is 5.71 Å². The summed E-state index contributed by atoms with van der Waals surface area (Å²) in [6.45, 7) is 4.25. The van der Waals surface area contributed by atoms with E-state index in [9.17, 15) is 0 Å². The van der Waals surface area contributed by atoms with Crippen LogP contribution in [-0.4, -0.2) is 37.9 Å². The van der Waals surface area contributed by atoms with Crippen molar-refractivity contribution in [2.75, 3.05) is 27.2 Å². The summed E-state index contributed by atoms with van der Waals surface area (Å²) >= 11 is 0. The second-order valence-electron chi connectivity index (χ2n) is 3.32. The quantitative estimate of drug-likeness (QED) is 0.490. The number of hydrogen-bond acceptors (Lipinski definition) is 3. The maximum atomic E-state index is 4.81. The molecule has 1 aliphatic rings. The fourth-order valence-corrected chi connectivity index (χ4v) is 1.49. The fraction of sp³-hybridized carbons (Fsp3) is 0.700. The van der Waals surface area contributed by atoms with Crippen LogP contribution in [-0.2, 0) is 4.84 Å². The molecule has 0 atom stereocenters. The highest BCUT2D eigenvalue weighted by Gasteiger charge is 2.11. The van der Waals surface area contributed by atoms with E-state index in [0.717, 1.165) is 31.6 Å². The molecule has 1 aliphatic heterocycles. The van der Waals surface area contributed by atoms with Gasteiger partial charge in [0.1, 0.15) is 7.11 Å². The third-order valence-corrected chi connectivity index (χ3v) is 2.32. The Morgan fingerprint density at radius 2 is 2.46 bits per heavy atom. The Kier molecular flexibility index (Phi) is 3.96. The normalized spacial score (nSPS) is 19.9. The molecule has 13 heavy (non-hydrogen) atoms. The lowest BCUT2D eigenvalue weighted by atomic mass is 10.0. The minimum Gasteiger partial charge on any atom is -0.399 e. The van der Waals surface area contributed by atoms with Gasteiger partial charge in [-0.15, -0.1) is 0 Å². The smallest absolute Gasteiger partial charge is 0.106 e. The monoisotopic (exact) mass is 182 g/mol. The minimum absolute atomic E-state index is 0.948. The van der Waals surface area contributed by atoms with E-state index >= 15 is 0 Å². The van der Waals surface area contributed by atoms with Crippen molar-refractivity contribution >= 4 is 5.71 Å². The number of rotatable bonds is 3. The fourth-order valence-electron chi connectivity index (χ4n) is 1.49. The Morgan fingerprint density at radius 1 is 1.69 bits per heavy atom. The van der Waals surface area contributed by atoms with Gasteiger partial charge >= 0.3 is 0 Å². The van der Waals surface area contributed by atoms with Crippen LogP contribution >= 0.6 is 0 Å². The summed E-state index contributed by atoms with van der Waals surface area (Å²) in [7, 11) is 3.73. The summed E-state index contributed by atoms with van der Waals surface area (Å²) in [5.74, 6) is 0. The predicted octanol–water partition coefficient (Wildman–Crippen LogP) is 1.66. The molecule has 3 heteroatoms. The molecule has 1 rings (SSSR count). The van der Waals surface area contributed by atoms with Crippen LogP contribution in [0.15, 0.2) is 16.8 Å². The minimum atomic E-state index is 0.948. The summed E-state index contributed by atoms with van der Waals surface area (Å²) in [4.78, 5) is 7.10. The predicted molar refractivity (Wildman–Crippen MR) is 54.9 cm³/mol. The van der Waals surface area contributed by atoms with E-state index in [-0.39, 0.29) is 0 Å². The topological polar surface area (TPSA) is 24.8 Å². The Labute approximate surface area is 80.1 Å². The molecule has 0 aromatic carbocycles. The molecule has 0 spiro atoms. The number of oxime groups is 1. The van der Waals surface area contributed by atoms with Crippen molar-refractivity contribution < 1.29 is 4.84 Å². The molecule has 0 saturated heterocycles. The van der Waals surface area contributed by atoms with Crippen molar-refractivity contribution in [1.29, 1.82) is 0 Å². The zero-order valence-electron chi connectivity index (χ0n) is 8.71. The van der Waals surface area contributed by atoms with Crippen LogP contribution in [0.25, 0.3) is 0 Å². The van der Waals surface area contributed by atoms with E-state index in [1.54, 1.807) is 7.11 Å². The summed E-state index contributed by atoms with van der Waals surface area (Å²) in [6.07, 6.45) is 4.28. The molecule has 0 fully saturated rings. The lowest BCUT2D eigenvalue weighted by Gasteiger charge is -2.22. The summed E-state index contributed by atoms with van der Waals surface area (Å²) in [5, 5.41) is 4.02. The Bertz CT molecular complexity index is 221. The highest BCUT2D eigenvalue weighted by atomic mass is 16.6. The van der Waals surface area contributed by atoms with Gasteiger partial charge in [0, 0.05) is 13.1 Å². The van der Waals surface area contributed by atoms with Crippen molar-refractivity contribution in [3.05, 3.63) is 11.6 Å². The van der Waals surface area contributed by atoms with Gasteiger partial charge < -0.3 is 9.74 Å². The number of likely N-dealkylation sites (N-methyl/N-ethyl adjacent to an activating group) is 1. The molecular weight excluding hydrogens is 164 g/mol. The molecule has 0 aromatic heterocycles. The zero-order valence-corrected chi connectivity index (χ0v) is 8.71. The molecule has 0 amide bonds. The van der Waals surface area contributed by atoms with E-state index < -0.39 is 0 Å². The van der Waals surface area contributed by atoms with E-state index in [1.165, 1.54) is 5.57 Å². The first-order valence-corrected chi connectivity index (χ1v) is 4.76. The van der Waals surface area contributed by atoms with Crippen LogP contribution in [0.2, 0.25) is 0 Å². The molecule has 0 saturated carbocycles. The maximum absolute atomic E-state index is 4.81. The Morgan fingerprint density at radius 3 is 2.92 bits per heavy atom. The molecule has 0 bridgehead atoms. The second-order valence-corrected chi connectivity index (χ2v) is 3.32. The number of nitrogens with zero attached hydrogens (tertiary/aromatic N) is 2. The molecular formula is C10H18N2O. The molecule has 0 aromatic rings. The molecule has 1 heterocycles. The SMILES string of the molecule is CC/C(=N\OC)C1=CCN(C)CC1. The van der Waals surface area contributed by atoms with Crippen LogP contribution in [0.3, 0.4) is 0 Å². The highest BCUT2D eigenvalue weighted by molar-refractivity contribution is 5.99. The summed E-state index contributed by atoms with van der Waals surface area (Å²) in [5.41, 5.74) is 2.44. The largest absolute Gasteiger partial charge is 0.399 e. The molecule has 74 valence electrons. The van der Waals surface area contributed by atoms with E-state index in [2.05, 4.69) is 30.1 Å². The third kappa shape index (κ3) is 2.84. The Balaban J connectivity index is 2.65. The van der Waals surface area contributed by atoms with E-state index in [1.807, 2.05) is 0 Å². The van der Waals surface area contributed by atoms with Crippen molar-refractivity contribution in [3.63, 3.8) is 0 Å². The molecule has 0 N–H and O–H groups in total. The third-order valence-electron chi connectivity index (χ3n) is 2.32. The van der Waals surface area contributed by atoms with Crippen LogP contribution in [0.5, 0.6) is 0 Å². The first-order chi connectivity index (χ1) is 6.27. The standard InChI is InChI=1S/C10H18N2O/c1-4-10(11-13-3)9-5-7-12(2)8-6-9/h5H,4,6-8H2,1-3H3/b11-10+. The molecule has 0 unspecified atom stereocenters. The first-order valence-electron chi connectivity index (χ1n) is 4.76. The van der Waals surface area contributed by atoms with Gasteiger partial charge in [-0.05, 0) is 25.5 Å². The lowest BCUT2D eigenvalue weighted by molar-refractivity contribution is 0.212. The van der Waals surface area contributed by atoms with Crippen molar-refractivity contribution in [2.45, 2.75) is 19.8 Å². The summed E-state index contributed by atoms with van der Waals surface area (Å²) < 4.78 is 0.